The van der Waals surface area contributed by atoms with Crippen LogP contribution < -0.4 is 10.2 Å². The molecule has 2 N–H and O–H groups in total. The van der Waals surface area contributed by atoms with Crippen LogP contribution in [0.1, 0.15) is 56.6 Å². The molecule has 0 radical (unpaired) electrons. The van der Waals surface area contributed by atoms with Gasteiger partial charge in [0.25, 0.3) is 0 Å². The molecule has 9 nitrogen and oxygen atoms in total. The number of piperidine rings is 1. The van der Waals surface area contributed by atoms with Crippen molar-refractivity contribution in [1.29, 1.82) is 5.41 Å². The van der Waals surface area contributed by atoms with E-state index in [9.17, 15) is 14.0 Å². The standard InChI is InChI=1S/C25H30FN5O4.C2H6/c1-15(2)21(27)20-19(31-11-9-25(10-12-31)14-30(3)24(33)35-25)13-18(23(32)34-4)29-22(20)28-17-7-5-16(26)6-8-17;1-2/h5-8,13,15,27H,9-12,14H2,1-4H3,(H,28,29);1-2H3. The fraction of sp³-hybridized carbons (Fsp3) is 0.481. The first-order chi connectivity index (χ1) is 17.6. The van der Waals surface area contributed by atoms with E-state index in [0.717, 1.165) is 0 Å². The zero-order valence-corrected chi connectivity index (χ0v) is 22.4. The van der Waals surface area contributed by atoms with E-state index in [-0.39, 0.29) is 23.5 Å². The minimum atomic E-state index is -0.601. The maximum absolute atomic E-state index is 13.5. The van der Waals surface area contributed by atoms with Crippen molar-refractivity contribution in [2.75, 3.05) is 44.0 Å². The molecule has 3 heterocycles. The summed E-state index contributed by atoms with van der Waals surface area (Å²) in [5.41, 5.74) is 1.73. The zero-order chi connectivity index (χ0) is 27.3. The van der Waals surface area contributed by atoms with Crippen LogP contribution in [0.3, 0.4) is 0 Å². The first-order valence-corrected chi connectivity index (χ1v) is 12.6. The van der Waals surface area contributed by atoms with Gasteiger partial charge in [0.05, 0.1) is 24.9 Å². The van der Waals surface area contributed by atoms with Crippen LogP contribution in [0, 0.1) is 17.1 Å². The molecule has 2 aromatic rings. The van der Waals surface area contributed by atoms with Crippen LogP contribution in [-0.4, -0.2) is 67.1 Å². The normalized spacial score (nSPS) is 16.3. The third kappa shape index (κ3) is 6.00. The fourth-order valence-corrected chi connectivity index (χ4v) is 4.51. The van der Waals surface area contributed by atoms with Gasteiger partial charge in [0.2, 0.25) is 0 Å². The van der Waals surface area contributed by atoms with Crippen molar-refractivity contribution in [3.8, 4) is 0 Å². The number of pyridine rings is 1. The summed E-state index contributed by atoms with van der Waals surface area (Å²) in [6.45, 7) is 9.51. The molecule has 2 aliphatic heterocycles. The number of hydrogen-bond acceptors (Lipinski definition) is 8. The first-order valence-electron chi connectivity index (χ1n) is 12.6. The van der Waals surface area contributed by atoms with Crippen LogP contribution in [0.4, 0.5) is 26.4 Å². The topological polar surface area (TPSA) is 108 Å². The molecule has 0 saturated carbocycles. The number of amides is 1. The number of ether oxygens (including phenoxy) is 2. The molecule has 1 aromatic carbocycles. The number of anilines is 3. The van der Waals surface area contributed by atoms with Crippen LogP contribution in [0.5, 0.6) is 0 Å². The second-order valence-corrected chi connectivity index (χ2v) is 9.34. The molecule has 4 rings (SSSR count). The van der Waals surface area contributed by atoms with Crippen molar-refractivity contribution in [2.24, 2.45) is 5.92 Å². The number of likely N-dealkylation sites (N-methyl/N-ethyl adjacent to an activating group) is 1. The number of nitrogens with zero attached hydrogens (tertiary/aromatic N) is 3. The van der Waals surface area contributed by atoms with Crippen molar-refractivity contribution >= 4 is 35.0 Å². The molecule has 37 heavy (non-hydrogen) atoms. The lowest BCUT2D eigenvalue weighted by Crippen LogP contribution is -2.47. The Morgan fingerprint density at radius 3 is 2.35 bits per heavy atom. The van der Waals surface area contributed by atoms with Gasteiger partial charge in [-0.15, -0.1) is 0 Å². The van der Waals surface area contributed by atoms with Crippen molar-refractivity contribution in [3.63, 3.8) is 0 Å². The highest BCUT2D eigenvalue weighted by molar-refractivity contribution is 6.09. The largest absolute Gasteiger partial charge is 0.464 e. The van der Waals surface area contributed by atoms with E-state index in [1.165, 1.54) is 19.2 Å². The third-order valence-corrected chi connectivity index (χ3v) is 6.50. The highest BCUT2D eigenvalue weighted by Gasteiger charge is 2.46. The monoisotopic (exact) mass is 513 g/mol. The molecule has 1 spiro atoms. The van der Waals surface area contributed by atoms with Gasteiger partial charge in [-0.1, -0.05) is 27.7 Å². The van der Waals surface area contributed by atoms with Gasteiger partial charge < -0.3 is 30.0 Å². The first kappa shape index (κ1) is 27.9. The van der Waals surface area contributed by atoms with Crippen molar-refractivity contribution in [2.45, 2.75) is 46.1 Å². The number of benzene rings is 1. The van der Waals surface area contributed by atoms with Gasteiger partial charge in [0, 0.05) is 44.4 Å². The molecular formula is C27H36FN5O4. The van der Waals surface area contributed by atoms with Crippen LogP contribution in [-0.2, 0) is 9.47 Å². The Morgan fingerprint density at radius 2 is 1.84 bits per heavy atom. The smallest absolute Gasteiger partial charge is 0.410 e. The number of rotatable bonds is 6. The van der Waals surface area contributed by atoms with Gasteiger partial charge >= 0.3 is 12.1 Å². The summed E-state index contributed by atoms with van der Waals surface area (Å²) in [5, 5.41) is 12.0. The van der Waals surface area contributed by atoms with Crippen molar-refractivity contribution in [3.05, 3.63) is 47.4 Å². The predicted molar refractivity (Wildman–Crippen MR) is 142 cm³/mol. The van der Waals surface area contributed by atoms with E-state index in [2.05, 4.69) is 15.2 Å². The van der Waals surface area contributed by atoms with E-state index in [0.29, 0.717) is 60.9 Å². The summed E-state index contributed by atoms with van der Waals surface area (Å²) in [6, 6.07) is 7.44. The van der Waals surface area contributed by atoms with Crippen LogP contribution in [0.25, 0.3) is 0 Å². The lowest BCUT2D eigenvalue weighted by molar-refractivity contribution is 0.0366. The van der Waals surface area contributed by atoms with E-state index in [1.807, 2.05) is 27.7 Å². The molecule has 1 amide bonds. The average molecular weight is 514 g/mol. The predicted octanol–water partition coefficient (Wildman–Crippen LogP) is 5.22. The van der Waals surface area contributed by atoms with Gasteiger partial charge in [0.15, 0.2) is 5.69 Å². The Hall–Kier alpha value is -3.69. The Balaban J connectivity index is 0.00000186. The van der Waals surface area contributed by atoms with Crippen molar-refractivity contribution < 1.29 is 23.5 Å². The van der Waals surface area contributed by atoms with Crippen LogP contribution in [0.2, 0.25) is 0 Å². The number of hydrogen-bond donors (Lipinski definition) is 2. The van der Waals surface area contributed by atoms with E-state index >= 15 is 0 Å². The summed E-state index contributed by atoms with van der Waals surface area (Å²) in [6.07, 6.45) is 0.922. The third-order valence-electron chi connectivity index (χ3n) is 6.50. The molecular weight excluding hydrogens is 477 g/mol. The van der Waals surface area contributed by atoms with E-state index < -0.39 is 11.6 Å². The summed E-state index contributed by atoms with van der Waals surface area (Å²) >= 11 is 0. The van der Waals surface area contributed by atoms with Crippen LogP contribution >= 0.6 is 0 Å². The maximum atomic E-state index is 13.5. The number of nitrogens with one attached hydrogen (secondary N) is 2. The Labute approximate surface area is 217 Å². The Morgan fingerprint density at radius 1 is 1.22 bits per heavy atom. The Kier molecular flexibility index (Phi) is 8.73. The summed E-state index contributed by atoms with van der Waals surface area (Å²) in [7, 11) is 3.01. The fourth-order valence-electron chi connectivity index (χ4n) is 4.51. The zero-order valence-electron chi connectivity index (χ0n) is 22.4. The maximum Gasteiger partial charge on any atom is 0.410 e. The minimum Gasteiger partial charge on any atom is -0.464 e. The van der Waals surface area contributed by atoms with Gasteiger partial charge in [0.1, 0.15) is 17.2 Å². The molecule has 200 valence electrons. The average Bonchev–Trinajstić information content (AvgIpc) is 3.17. The highest BCUT2D eigenvalue weighted by Crippen LogP contribution is 2.38. The molecule has 0 atom stereocenters. The second kappa shape index (κ2) is 11.6. The molecule has 0 unspecified atom stereocenters. The lowest BCUT2D eigenvalue weighted by atomic mass is 9.90. The van der Waals surface area contributed by atoms with Crippen molar-refractivity contribution in [1.82, 2.24) is 9.88 Å². The molecule has 10 heteroatoms. The number of carbonyl (C=O) groups excluding carboxylic acids is 2. The second-order valence-electron chi connectivity index (χ2n) is 9.34. The van der Waals surface area contributed by atoms with E-state index in [4.69, 9.17) is 14.9 Å². The van der Waals surface area contributed by atoms with Gasteiger partial charge in [-0.2, -0.15) is 0 Å². The minimum absolute atomic E-state index is 0.0970. The number of halogens is 1. The molecule has 2 aliphatic rings. The van der Waals surface area contributed by atoms with E-state index in [1.54, 1.807) is 30.1 Å². The number of aromatic nitrogens is 1. The number of carbonyl (C=O) groups is 2. The SMILES string of the molecule is CC.COC(=O)c1cc(N2CCC3(CC2)CN(C)C(=O)O3)c(C(=N)C(C)C)c(Nc2ccc(F)cc2)n1. The van der Waals surface area contributed by atoms with Gasteiger partial charge in [-0.25, -0.2) is 19.0 Å². The summed E-state index contributed by atoms with van der Waals surface area (Å²) in [4.78, 5) is 32.6. The van der Waals surface area contributed by atoms with Gasteiger partial charge in [-0.05, 0) is 36.2 Å². The molecule has 0 aliphatic carbocycles. The molecule has 1 aromatic heterocycles. The Bertz CT molecular complexity index is 1140. The molecule has 2 fully saturated rings. The van der Waals surface area contributed by atoms with Gasteiger partial charge in [-0.3, -0.25) is 0 Å². The quantitative estimate of drug-likeness (QED) is 0.403. The summed E-state index contributed by atoms with van der Waals surface area (Å²) < 4.78 is 24.1. The molecule has 2 saturated heterocycles. The van der Waals surface area contributed by atoms with Crippen LogP contribution in [0.15, 0.2) is 30.3 Å². The molecule has 0 bridgehead atoms. The lowest BCUT2D eigenvalue weighted by Gasteiger charge is -2.39. The highest BCUT2D eigenvalue weighted by atomic mass is 19.1. The number of esters is 1. The summed E-state index contributed by atoms with van der Waals surface area (Å²) in [5.74, 6) is -0.770. The number of methoxy groups -OCH3 is 1.